The Kier molecular flexibility index (Phi) is 35.1. The Labute approximate surface area is 274 Å². The van der Waals surface area contributed by atoms with E-state index >= 15 is 0 Å². The van der Waals surface area contributed by atoms with Gasteiger partial charge in [0.05, 0.1) is 6.04 Å². The summed E-state index contributed by atoms with van der Waals surface area (Å²) in [5, 5.41) is 3.07. The molecular weight excluding hydrogens is 538 g/mol. The minimum Gasteiger partial charge on any atom is -0.344 e. The van der Waals surface area contributed by atoms with Crippen LogP contribution in [0.2, 0.25) is 0 Å². The molecule has 0 radical (unpaired) electrons. The number of terminal acetylenes is 2. The molecule has 0 spiro atoms. The van der Waals surface area contributed by atoms with Crippen LogP contribution in [0, 0.1) is 37.5 Å². The molecule has 1 rings (SSSR count). The molecule has 0 heterocycles. The predicted molar refractivity (Wildman–Crippen MR) is 203 cm³/mol. The number of allylic oxidation sites excluding steroid dienone is 3. The summed E-state index contributed by atoms with van der Waals surface area (Å²) >= 11 is 0. The molecule has 1 aromatic carbocycles. The zero-order valence-corrected chi connectivity index (χ0v) is 31.2. The highest BCUT2D eigenvalue weighted by Crippen LogP contribution is 2.34. The van der Waals surface area contributed by atoms with E-state index in [2.05, 4.69) is 107 Å². The molecule has 1 unspecified atom stereocenters. The van der Waals surface area contributed by atoms with Gasteiger partial charge in [-0.15, -0.1) is 31.8 Å². The number of nitrogens with zero attached hydrogens (tertiary/aromatic N) is 2. The van der Waals surface area contributed by atoms with Gasteiger partial charge >= 0.3 is 0 Å². The number of hydrogen-bond acceptors (Lipinski definition) is 3. The van der Waals surface area contributed by atoms with Gasteiger partial charge in [0.25, 0.3) is 5.91 Å². The molecule has 0 saturated carbocycles. The fraction of sp³-hybridized carbons (Fsp3) is 0.500. The van der Waals surface area contributed by atoms with Crippen molar-refractivity contribution < 1.29 is 4.79 Å². The number of rotatable bonds is 9. The lowest BCUT2D eigenvalue weighted by Crippen LogP contribution is -2.32. The molecule has 0 saturated heterocycles. The first-order valence-corrected chi connectivity index (χ1v) is 15.3. The molecule has 1 amide bonds. The average molecular weight is 606 g/mol. The summed E-state index contributed by atoms with van der Waals surface area (Å²) in [5.41, 5.74) is 8.01. The van der Waals surface area contributed by atoms with E-state index in [9.17, 15) is 4.79 Å². The van der Waals surface area contributed by atoms with Crippen molar-refractivity contribution in [3.05, 3.63) is 78.0 Å². The third-order valence-corrected chi connectivity index (χ3v) is 5.26. The summed E-state index contributed by atoms with van der Waals surface area (Å²) in [4.78, 5) is 18.6. The SMILES string of the molecule is C#C.C#CC.C=C(C)CN(C)C.C=C(CC(C)(C)C)c1ccc(C(C)NC(=O)C(C)=N/C=C/C)c(CC)c1C.C=CC.CC. The van der Waals surface area contributed by atoms with E-state index in [1.165, 1.54) is 27.8 Å². The standard InChI is InChI=1S/C24H36N2O.C6H13N.C3H6.C3H4.C2H6.C2H2/c1-10-14-25-19(6)23(27)26-18(5)22-13-12-21(17(4)20(22)11-2)16(3)15-24(7,8)9;1-6(2)5-7(3)4;2*1-3-2;2*1-2/h10,12-14,18H,3,11,15H2,1-2,4-9H3,(H,26,27);1,5H2,2-4H3;3H,1H2,2H3;1H,2H3;1-2H3;1-2H/b14-10+,25-19?;;;;;. The quantitative estimate of drug-likeness (QED) is 0.173. The van der Waals surface area contributed by atoms with Gasteiger partial charge in [0.1, 0.15) is 5.71 Å². The molecule has 1 N–H and O–H groups in total. The highest BCUT2D eigenvalue weighted by atomic mass is 16.1. The van der Waals surface area contributed by atoms with Crippen molar-refractivity contribution in [2.24, 2.45) is 10.4 Å². The first-order valence-electron chi connectivity index (χ1n) is 15.3. The molecule has 0 aliphatic carbocycles. The molecule has 4 heteroatoms. The van der Waals surface area contributed by atoms with Gasteiger partial charge in [-0.3, -0.25) is 9.79 Å². The van der Waals surface area contributed by atoms with E-state index in [0.29, 0.717) is 5.71 Å². The monoisotopic (exact) mass is 606 g/mol. The van der Waals surface area contributed by atoms with Gasteiger partial charge in [-0.2, -0.15) is 0 Å². The Morgan fingerprint density at radius 1 is 1.14 bits per heavy atom. The number of nitrogens with one attached hydrogen (secondary N) is 1. The second-order valence-corrected chi connectivity index (χ2v) is 11.3. The summed E-state index contributed by atoms with van der Waals surface area (Å²) in [5.74, 6) is 2.11. The summed E-state index contributed by atoms with van der Waals surface area (Å²) in [7, 11) is 4.07. The zero-order chi connectivity index (χ0) is 36.1. The topological polar surface area (TPSA) is 44.7 Å². The molecule has 0 aliphatic rings. The second-order valence-electron chi connectivity index (χ2n) is 11.3. The predicted octanol–water partition coefficient (Wildman–Crippen LogP) is 10.4. The van der Waals surface area contributed by atoms with E-state index in [0.717, 1.165) is 24.9 Å². The van der Waals surface area contributed by atoms with Crippen molar-refractivity contribution in [3.8, 4) is 25.2 Å². The maximum atomic E-state index is 12.4. The summed E-state index contributed by atoms with van der Waals surface area (Å²) < 4.78 is 0. The summed E-state index contributed by atoms with van der Waals surface area (Å²) in [6.45, 7) is 38.7. The lowest BCUT2D eigenvalue weighted by atomic mass is 9.82. The van der Waals surface area contributed by atoms with Crippen LogP contribution in [0.25, 0.3) is 5.57 Å². The van der Waals surface area contributed by atoms with Gasteiger partial charge in [0, 0.05) is 12.7 Å². The van der Waals surface area contributed by atoms with Crippen molar-refractivity contribution in [1.29, 1.82) is 0 Å². The third-order valence-electron chi connectivity index (χ3n) is 5.26. The number of benzene rings is 1. The maximum Gasteiger partial charge on any atom is 0.265 e. The van der Waals surface area contributed by atoms with E-state index in [1.807, 2.05) is 61.7 Å². The maximum absolute atomic E-state index is 12.4. The Bertz CT molecular complexity index is 1070. The van der Waals surface area contributed by atoms with Gasteiger partial charge < -0.3 is 10.2 Å². The van der Waals surface area contributed by atoms with Gasteiger partial charge in [0.2, 0.25) is 0 Å². The Morgan fingerprint density at radius 2 is 1.59 bits per heavy atom. The summed E-state index contributed by atoms with van der Waals surface area (Å²) in [6, 6.07) is 4.21. The highest BCUT2D eigenvalue weighted by Gasteiger charge is 2.19. The Hall–Kier alpha value is -3.60. The lowest BCUT2D eigenvalue weighted by molar-refractivity contribution is -0.115. The van der Waals surface area contributed by atoms with Crippen LogP contribution in [0.15, 0.2) is 60.8 Å². The number of hydrogen-bond donors (Lipinski definition) is 1. The summed E-state index contributed by atoms with van der Waals surface area (Å²) in [6.07, 6.45) is 19.7. The van der Waals surface area contributed by atoms with E-state index in [1.54, 1.807) is 26.1 Å². The molecule has 1 aromatic rings. The normalized spacial score (nSPS) is 10.6. The van der Waals surface area contributed by atoms with Gasteiger partial charge in [0.15, 0.2) is 0 Å². The van der Waals surface area contributed by atoms with E-state index in [-0.39, 0.29) is 17.4 Å². The van der Waals surface area contributed by atoms with Crippen molar-refractivity contribution in [2.45, 2.75) is 109 Å². The van der Waals surface area contributed by atoms with Crippen LogP contribution in [0.1, 0.15) is 118 Å². The van der Waals surface area contributed by atoms with Crippen LogP contribution in [-0.2, 0) is 11.2 Å². The third kappa shape index (κ3) is 27.2. The van der Waals surface area contributed by atoms with Crippen LogP contribution < -0.4 is 5.32 Å². The molecule has 0 aliphatic heterocycles. The number of carbonyl (C=O) groups excluding carboxylic acids is 1. The zero-order valence-electron chi connectivity index (χ0n) is 31.2. The van der Waals surface area contributed by atoms with Crippen LogP contribution in [0.4, 0.5) is 0 Å². The average Bonchev–Trinajstić information content (AvgIpc) is 2.93. The van der Waals surface area contributed by atoms with E-state index < -0.39 is 0 Å². The molecule has 1 atom stereocenters. The Morgan fingerprint density at radius 3 is 1.91 bits per heavy atom. The van der Waals surface area contributed by atoms with Crippen molar-refractivity contribution in [1.82, 2.24) is 10.2 Å². The minimum atomic E-state index is -0.137. The molecule has 0 aromatic heterocycles. The minimum absolute atomic E-state index is 0.0770. The van der Waals surface area contributed by atoms with Crippen LogP contribution in [0.3, 0.4) is 0 Å². The van der Waals surface area contributed by atoms with Gasteiger partial charge in [-0.05, 0) is 109 Å². The first-order chi connectivity index (χ1) is 20.5. The molecule has 44 heavy (non-hydrogen) atoms. The largest absolute Gasteiger partial charge is 0.344 e. The van der Waals surface area contributed by atoms with Crippen molar-refractivity contribution in [3.63, 3.8) is 0 Å². The number of amides is 1. The van der Waals surface area contributed by atoms with Crippen LogP contribution in [-0.4, -0.2) is 37.2 Å². The molecule has 248 valence electrons. The fourth-order valence-electron chi connectivity index (χ4n) is 3.93. The van der Waals surface area contributed by atoms with Gasteiger partial charge in [-0.1, -0.05) is 84.6 Å². The van der Waals surface area contributed by atoms with Gasteiger partial charge in [-0.25, -0.2) is 0 Å². The lowest BCUT2D eigenvalue weighted by Gasteiger charge is -2.24. The number of aliphatic imine (C=N–C) groups is 1. The second kappa shape index (κ2) is 30.8. The molecule has 0 fully saturated rings. The first kappa shape index (κ1) is 50.0. The van der Waals surface area contributed by atoms with Crippen molar-refractivity contribution in [2.75, 3.05) is 20.6 Å². The molecular formula is C40H67N3O. The Balaban J connectivity index is -0.000000246. The molecule has 0 bridgehead atoms. The van der Waals surface area contributed by atoms with E-state index in [4.69, 9.17) is 0 Å². The smallest absolute Gasteiger partial charge is 0.265 e. The van der Waals surface area contributed by atoms with Crippen LogP contribution in [0.5, 0.6) is 0 Å². The highest BCUT2D eigenvalue weighted by molar-refractivity contribution is 6.38. The number of carbonyl (C=O) groups is 1. The molecule has 4 nitrogen and oxygen atoms in total. The fourth-order valence-corrected chi connectivity index (χ4v) is 3.93. The van der Waals surface area contributed by atoms with Crippen LogP contribution >= 0.6 is 0 Å². The van der Waals surface area contributed by atoms with Crippen molar-refractivity contribution >= 4 is 17.2 Å². The number of likely N-dealkylation sites (N-methyl/N-ethyl adjacent to an activating group) is 1.